The van der Waals surface area contributed by atoms with Crippen LogP contribution in [-0.2, 0) is 19.7 Å². The first-order chi connectivity index (χ1) is 12.4. The quantitative estimate of drug-likeness (QED) is 0.556. The Hall–Kier alpha value is -1.64. The summed E-state index contributed by atoms with van der Waals surface area (Å²) in [4.78, 5) is 27.0. The molecule has 0 bridgehead atoms. The van der Waals surface area contributed by atoms with Gasteiger partial charge in [0.1, 0.15) is 5.41 Å². The van der Waals surface area contributed by atoms with Gasteiger partial charge in [-0.3, -0.25) is 9.59 Å². The molecule has 0 saturated heterocycles. The highest BCUT2D eigenvalue weighted by Crippen LogP contribution is 2.52. The summed E-state index contributed by atoms with van der Waals surface area (Å²) in [5.41, 5.74) is 3.32. The summed E-state index contributed by atoms with van der Waals surface area (Å²) in [5.74, 6) is -0.167. The van der Waals surface area contributed by atoms with Crippen molar-refractivity contribution in [3.63, 3.8) is 0 Å². The minimum atomic E-state index is -0.943. The summed E-state index contributed by atoms with van der Waals surface area (Å²) in [6, 6.07) is 4.36. The maximum atomic E-state index is 14.1. The molecule has 0 spiro atoms. The number of ketones is 1. The number of rotatable bonds is 4. The molecule has 0 heterocycles. The number of hydrogen-bond acceptors (Lipinski definition) is 3. The zero-order chi connectivity index (χ0) is 18.9. The van der Waals surface area contributed by atoms with Gasteiger partial charge in [-0.1, -0.05) is 49.8 Å². The smallest absolute Gasteiger partial charge is 0.319 e. The molecule has 0 atom stereocenters. The van der Waals surface area contributed by atoms with Gasteiger partial charge in [0.2, 0.25) is 0 Å². The van der Waals surface area contributed by atoms with Crippen LogP contribution in [0.15, 0.2) is 12.1 Å². The van der Waals surface area contributed by atoms with Gasteiger partial charge in [0.05, 0.1) is 12.5 Å². The van der Waals surface area contributed by atoms with Crippen LogP contribution in [0.4, 0.5) is 0 Å². The summed E-state index contributed by atoms with van der Waals surface area (Å²) in [6.45, 7) is 6.34. The minimum Gasteiger partial charge on any atom is -0.468 e. The molecule has 0 radical (unpaired) electrons. The van der Waals surface area contributed by atoms with E-state index < -0.39 is 10.8 Å². The first-order valence-electron chi connectivity index (χ1n) is 10.1. The Balaban J connectivity index is 2.15. The lowest BCUT2D eigenvalue weighted by Crippen LogP contribution is -2.51. The summed E-state index contributed by atoms with van der Waals surface area (Å²) in [6.07, 6.45) is 8.07. The molecule has 3 rings (SSSR count). The van der Waals surface area contributed by atoms with E-state index in [1.54, 1.807) is 0 Å². The molecular formula is C23H32O3. The summed E-state index contributed by atoms with van der Waals surface area (Å²) in [5, 5.41) is 0. The van der Waals surface area contributed by atoms with E-state index in [2.05, 4.69) is 32.9 Å². The van der Waals surface area contributed by atoms with Gasteiger partial charge in [0.25, 0.3) is 0 Å². The SMILES string of the molecule is COC(=O)C1(C(=O)C2(c3c(C)cc(C)cc3C)CCCC2)CCCCC1. The molecule has 0 unspecified atom stereocenters. The van der Waals surface area contributed by atoms with Crippen LogP contribution in [0.5, 0.6) is 0 Å². The standard InChI is InChI=1S/C23H32O3/c1-16-14-17(2)19(18(3)15-16)22(10-8-9-11-22)20(24)23(21(25)26-4)12-6-5-7-13-23/h14-15H,5-13H2,1-4H3. The van der Waals surface area contributed by atoms with Crippen molar-refractivity contribution in [3.05, 3.63) is 34.4 Å². The van der Waals surface area contributed by atoms with Crippen LogP contribution < -0.4 is 0 Å². The number of ether oxygens (including phenoxy) is 1. The van der Waals surface area contributed by atoms with Crippen LogP contribution in [0.3, 0.4) is 0 Å². The van der Waals surface area contributed by atoms with E-state index in [9.17, 15) is 9.59 Å². The van der Waals surface area contributed by atoms with E-state index in [0.29, 0.717) is 12.8 Å². The molecule has 2 saturated carbocycles. The molecule has 26 heavy (non-hydrogen) atoms. The van der Waals surface area contributed by atoms with Crippen molar-refractivity contribution in [2.24, 2.45) is 5.41 Å². The number of Topliss-reactive ketones (excluding diaryl/α,β-unsaturated/α-hetero) is 1. The number of aryl methyl sites for hydroxylation is 3. The molecule has 0 aliphatic heterocycles. The Kier molecular flexibility index (Phi) is 5.28. The topological polar surface area (TPSA) is 43.4 Å². The van der Waals surface area contributed by atoms with Gasteiger partial charge in [-0.25, -0.2) is 0 Å². The molecular weight excluding hydrogens is 324 g/mol. The van der Waals surface area contributed by atoms with Crippen molar-refractivity contribution in [1.82, 2.24) is 0 Å². The Bertz CT molecular complexity index is 681. The number of carbonyl (C=O) groups is 2. The average molecular weight is 357 g/mol. The number of benzene rings is 1. The largest absolute Gasteiger partial charge is 0.468 e. The highest BCUT2D eigenvalue weighted by molar-refractivity contribution is 6.09. The molecule has 2 aliphatic rings. The van der Waals surface area contributed by atoms with Gasteiger partial charge in [-0.05, 0) is 63.1 Å². The maximum absolute atomic E-state index is 14.1. The number of esters is 1. The Morgan fingerprint density at radius 1 is 0.846 bits per heavy atom. The third kappa shape index (κ3) is 2.90. The maximum Gasteiger partial charge on any atom is 0.319 e. The van der Waals surface area contributed by atoms with Crippen molar-refractivity contribution in [1.29, 1.82) is 0 Å². The molecule has 0 amide bonds. The zero-order valence-electron chi connectivity index (χ0n) is 16.7. The summed E-state index contributed by atoms with van der Waals surface area (Å²) >= 11 is 0. The fourth-order valence-corrected chi connectivity index (χ4v) is 5.84. The zero-order valence-corrected chi connectivity index (χ0v) is 16.7. The van der Waals surface area contributed by atoms with Crippen molar-refractivity contribution in [2.75, 3.05) is 7.11 Å². The molecule has 2 fully saturated rings. The van der Waals surface area contributed by atoms with E-state index in [4.69, 9.17) is 4.74 Å². The van der Waals surface area contributed by atoms with Crippen LogP contribution in [0.25, 0.3) is 0 Å². The van der Waals surface area contributed by atoms with Crippen molar-refractivity contribution in [3.8, 4) is 0 Å². The van der Waals surface area contributed by atoms with E-state index in [0.717, 1.165) is 44.9 Å². The predicted octanol–water partition coefficient (Wildman–Crippen LogP) is 5.12. The van der Waals surface area contributed by atoms with Gasteiger partial charge >= 0.3 is 5.97 Å². The molecule has 3 nitrogen and oxygen atoms in total. The van der Waals surface area contributed by atoms with Gasteiger partial charge < -0.3 is 4.74 Å². The van der Waals surface area contributed by atoms with Crippen molar-refractivity contribution in [2.45, 2.75) is 84.0 Å². The van der Waals surface area contributed by atoms with Gasteiger partial charge in [0, 0.05) is 0 Å². The van der Waals surface area contributed by atoms with Crippen LogP contribution in [-0.4, -0.2) is 18.9 Å². The summed E-state index contributed by atoms with van der Waals surface area (Å²) in [7, 11) is 1.43. The molecule has 0 N–H and O–H groups in total. The van der Waals surface area contributed by atoms with Crippen molar-refractivity contribution < 1.29 is 14.3 Å². The van der Waals surface area contributed by atoms with Crippen LogP contribution in [0.2, 0.25) is 0 Å². The minimum absolute atomic E-state index is 0.143. The van der Waals surface area contributed by atoms with Gasteiger partial charge in [-0.2, -0.15) is 0 Å². The Labute approximate surface area is 157 Å². The first kappa shape index (κ1) is 19.1. The van der Waals surface area contributed by atoms with Crippen LogP contribution >= 0.6 is 0 Å². The van der Waals surface area contributed by atoms with E-state index >= 15 is 0 Å². The number of hydrogen-bond donors (Lipinski definition) is 0. The second-order valence-corrected chi connectivity index (χ2v) is 8.53. The molecule has 0 aromatic heterocycles. The van der Waals surface area contributed by atoms with E-state index in [1.165, 1.54) is 29.4 Å². The highest BCUT2D eigenvalue weighted by Gasteiger charge is 2.57. The molecule has 2 aliphatic carbocycles. The normalized spacial score (nSPS) is 21.4. The third-order valence-electron chi connectivity index (χ3n) is 6.77. The van der Waals surface area contributed by atoms with Crippen LogP contribution in [0.1, 0.15) is 80.0 Å². The van der Waals surface area contributed by atoms with E-state index in [-0.39, 0.29) is 11.8 Å². The molecule has 3 heteroatoms. The first-order valence-corrected chi connectivity index (χ1v) is 10.1. The van der Waals surface area contributed by atoms with Gasteiger partial charge in [-0.15, -0.1) is 0 Å². The average Bonchev–Trinajstić information content (AvgIpc) is 3.10. The summed E-state index contributed by atoms with van der Waals surface area (Å²) < 4.78 is 5.17. The predicted molar refractivity (Wildman–Crippen MR) is 103 cm³/mol. The lowest BCUT2D eigenvalue weighted by atomic mass is 9.59. The lowest BCUT2D eigenvalue weighted by molar-refractivity contribution is -0.162. The highest BCUT2D eigenvalue weighted by atomic mass is 16.5. The second-order valence-electron chi connectivity index (χ2n) is 8.53. The number of methoxy groups -OCH3 is 1. The fourth-order valence-electron chi connectivity index (χ4n) is 5.84. The molecule has 1 aromatic rings. The Morgan fingerprint density at radius 3 is 1.85 bits per heavy atom. The van der Waals surface area contributed by atoms with Gasteiger partial charge in [0.15, 0.2) is 5.78 Å². The molecule has 142 valence electrons. The van der Waals surface area contributed by atoms with E-state index in [1.807, 2.05) is 0 Å². The second kappa shape index (κ2) is 7.17. The lowest BCUT2D eigenvalue weighted by Gasteiger charge is -2.42. The Morgan fingerprint density at radius 2 is 1.35 bits per heavy atom. The monoisotopic (exact) mass is 356 g/mol. The van der Waals surface area contributed by atoms with Crippen molar-refractivity contribution >= 4 is 11.8 Å². The number of carbonyl (C=O) groups excluding carboxylic acids is 2. The fraction of sp³-hybridized carbons (Fsp3) is 0.652. The molecule has 1 aromatic carbocycles. The third-order valence-corrected chi connectivity index (χ3v) is 6.77. The van der Waals surface area contributed by atoms with Crippen LogP contribution in [0, 0.1) is 26.2 Å².